The molecule has 0 saturated carbocycles. The molecule has 7 heavy (non-hydrogen) atoms. The lowest BCUT2D eigenvalue weighted by Crippen LogP contribution is -1.42. The first-order chi connectivity index (χ1) is 2.89. The fourth-order valence-corrected chi connectivity index (χ4v) is 0.890. The summed E-state index contributed by atoms with van der Waals surface area (Å²) >= 11 is 1.78. The first-order valence-electron chi connectivity index (χ1n) is 1.90. The Kier molecular flexibility index (Phi) is 3.65. The molecule has 40 valence electrons. The predicted molar refractivity (Wildman–Crippen MR) is 44.5 cm³/mol. The highest BCUT2D eigenvalue weighted by molar-refractivity contribution is 14.0. The Bertz CT molecular complexity index is 112. The molecule has 0 amide bonds. The number of hydrogen-bond donors (Lipinski definition) is 0. The van der Waals surface area contributed by atoms with Gasteiger partial charge in [0.15, 0.2) is 0 Å². The van der Waals surface area contributed by atoms with Gasteiger partial charge in [-0.3, -0.25) is 0 Å². The van der Waals surface area contributed by atoms with Gasteiger partial charge in [0, 0.05) is 4.88 Å². The van der Waals surface area contributed by atoms with E-state index in [0.29, 0.717) is 0 Å². The van der Waals surface area contributed by atoms with E-state index in [0.717, 1.165) is 0 Å². The molecular formula is C5H7IS. The van der Waals surface area contributed by atoms with E-state index < -0.39 is 0 Å². The van der Waals surface area contributed by atoms with Crippen LogP contribution < -0.4 is 0 Å². The number of aryl methyl sites for hydroxylation is 1. The fraction of sp³-hybridized carbons (Fsp3) is 0.200. The minimum atomic E-state index is 0. The largest absolute Gasteiger partial charge is 0.149 e. The fourth-order valence-electron chi connectivity index (χ4n) is 0.361. The van der Waals surface area contributed by atoms with Crippen LogP contribution in [0.5, 0.6) is 0 Å². The van der Waals surface area contributed by atoms with Crippen LogP contribution in [0, 0.1) is 6.92 Å². The lowest BCUT2D eigenvalue weighted by Gasteiger charge is -1.65. The van der Waals surface area contributed by atoms with Crippen molar-refractivity contribution in [3.05, 3.63) is 22.4 Å². The molecule has 2 heteroatoms. The van der Waals surface area contributed by atoms with Gasteiger partial charge in [-0.15, -0.1) is 35.3 Å². The molecule has 0 atom stereocenters. The zero-order chi connectivity index (χ0) is 4.41. The van der Waals surface area contributed by atoms with Gasteiger partial charge in [-0.2, -0.15) is 0 Å². The second-order valence-corrected chi connectivity index (χ2v) is 2.38. The lowest BCUT2D eigenvalue weighted by atomic mass is 10.5. The van der Waals surface area contributed by atoms with Crippen LogP contribution >= 0.6 is 35.3 Å². The Morgan fingerprint density at radius 3 is 2.43 bits per heavy atom. The highest BCUT2D eigenvalue weighted by Gasteiger charge is 1.74. The van der Waals surface area contributed by atoms with Gasteiger partial charge >= 0.3 is 0 Å². The Labute approximate surface area is 64.6 Å². The zero-order valence-electron chi connectivity index (χ0n) is 4.05. The molecule has 0 aliphatic heterocycles. The van der Waals surface area contributed by atoms with Crippen molar-refractivity contribution in [2.45, 2.75) is 6.92 Å². The second-order valence-electron chi connectivity index (χ2n) is 1.22. The van der Waals surface area contributed by atoms with Crippen molar-refractivity contribution in [3.8, 4) is 0 Å². The van der Waals surface area contributed by atoms with Gasteiger partial charge in [-0.05, 0) is 18.4 Å². The van der Waals surface area contributed by atoms with Crippen LogP contribution in [0.2, 0.25) is 0 Å². The topological polar surface area (TPSA) is 0 Å². The summed E-state index contributed by atoms with van der Waals surface area (Å²) in [5.41, 5.74) is 0. The molecule has 0 bridgehead atoms. The maximum absolute atomic E-state index is 2.10. The third-order valence-corrected chi connectivity index (χ3v) is 1.46. The quantitative estimate of drug-likeness (QED) is 0.596. The molecule has 1 aromatic rings. The van der Waals surface area contributed by atoms with Gasteiger partial charge in [-0.1, -0.05) is 6.07 Å². The molecule has 0 radical (unpaired) electrons. The third-order valence-electron chi connectivity index (χ3n) is 0.663. The van der Waals surface area contributed by atoms with Gasteiger partial charge in [0.2, 0.25) is 0 Å². The predicted octanol–water partition coefficient (Wildman–Crippen LogP) is 2.67. The normalized spacial score (nSPS) is 7.57. The second kappa shape index (κ2) is 3.43. The van der Waals surface area contributed by atoms with E-state index in [9.17, 15) is 0 Å². The first-order valence-corrected chi connectivity index (χ1v) is 2.77. The molecule has 0 aliphatic carbocycles. The molecule has 0 nitrogen and oxygen atoms in total. The summed E-state index contributed by atoms with van der Waals surface area (Å²) in [5, 5.41) is 2.08. The average molecular weight is 226 g/mol. The standard InChI is InChI=1S/C5H6S.HI/c1-5-3-2-4-6-5;/h2-4H,1H3;1H. The average Bonchev–Trinajstić information content (AvgIpc) is 1.86. The van der Waals surface area contributed by atoms with Crippen molar-refractivity contribution in [1.29, 1.82) is 0 Å². The molecule has 1 heterocycles. The van der Waals surface area contributed by atoms with Gasteiger partial charge in [-0.25, -0.2) is 0 Å². The van der Waals surface area contributed by atoms with Crippen LogP contribution in [0.25, 0.3) is 0 Å². The molecule has 0 saturated heterocycles. The molecule has 1 rings (SSSR count). The van der Waals surface area contributed by atoms with Crippen LogP contribution in [-0.4, -0.2) is 0 Å². The van der Waals surface area contributed by atoms with Crippen LogP contribution in [0.3, 0.4) is 0 Å². The van der Waals surface area contributed by atoms with E-state index >= 15 is 0 Å². The van der Waals surface area contributed by atoms with Gasteiger partial charge in [0.1, 0.15) is 0 Å². The van der Waals surface area contributed by atoms with E-state index in [2.05, 4.69) is 24.4 Å². The Morgan fingerprint density at radius 2 is 2.29 bits per heavy atom. The molecule has 0 spiro atoms. The summed E-state index contributed by atoms with van der Waals surface area (Å²) in [6, 6.07) is 4.16. The van der Waals surface area contributed by atoms with Crippen molar-refractivity contribution >= 4 is 35.3 Å². The molecule has 0 unspecified atom stereocenters. The monoisotopic (exact) mass is 226 g/mol. The highest BCUT2D eigenvalue weighted by atomic mass is 127. The molecule has 0 fully saturated rings. The van der Waals surface area contributed by atoms with E-state index in [1.165, 1.54) is 4.88 Å². The summed E-state index contributed by atoms with van der Waals surface area (Å²) in [6.07, 6.45) is 0. The van der Waals surface area contributed by atoms with Crippen LogP contribution in [-0.2, 0) is 0 Å². The summed E-state index contributed by atoms with van der Waals surface area (Å²) < 4.78 is 0. The smallest absolute Gasteiger partial charge is 0.00141 e. The SMILES string of the molecule is Cc1cccs1.I. The van der Waals surface area contributed by atoms with E-state index in [4.69, 9.17) is 0 Å². The number of halogens is 1. The van der Waals surface area contributed by atoms with Gasteiger partial charge in [0.25, 0.3) is 0 Å². The van der Waals surface area contributed by atoms with Crippen molar-refractivity contribution in [1.82, 2.24) is 0 Å². The van der Waals surface area contributed by atoms with E-state index in [1.807, 2.05) is 0 Å². The number of thiophene rings is 1. The summed E-state index contributed by atoms with van der Waals surface area (Å²) in [5.74, 6) is 0. The summed E-state index contributed by atoms with van der Waals surface area (Å²) in [6.45, 7) is 2.10. The molecule has 0 N–H and O–H groups in total. The van der Waals surface area contributed by atoms with Gasteiger partial charge < -0.3 is 0 Å². The van der Waals surface area contributed by atoms with Crippen LogP contribution in [0.15, 0.2) is 17.5 Å². The van der Waals surface area contributed by atoms with E-state index in [1.54, 1.807) is 11.3 Å². The van der Waals surface area contributed by atoms with Crippen molar-refractivity contribution < 1.29 is 0 Å². The lowest BCUT2D eigenvalue weighted by molar-refractivity contribution is 1.64. The maximum atomic E-state index is 2.10. The Balaban J connectivity index is 0.000000360. The van der Waals surface area contributed by atoms with Gasteiger partial charge in [0.05, 0.1) is 0 Å². The van der Waals surface area contributed by atoms with Crippen LogP contribution in [0.1, 0.15) is 4.88 Å². The zero-order valence-corrected chi connectivity index (χ0v) is 7.20. The first kappa shape index (κ1) is 7.43. The van der Waals surface area contributed by atoms with Crippen molar-refractivity contribution in [3.63, 3.8) is 0 Å². The van der Waals surface area contributed by atoms with Crippen molar-refractivity contribution in [2.24, 2.45) is 0 Å². The maximum Gasteiger partial charge on any atom is 0.00141 e. The number of hydrogen-bond acceptors (Lipinski definition) is 1. The highest BCUT2D eigenvalue weighted by Crippen LogP contribution is 2.03. The van der Waals surface area contributed by atoms with Crippen molar-refractivity contribution in [2.75, 3.05) is 0 Å². The molecular weight excluding hydrogens is 219 g/mol. The third kappa shape index (κ3) is 2.29. The molecule has 0 aromatic carbocycles. The summed E-state index contributed by atoms with van der Waals surface area (Å²) in [4.78, 5) is 1.38. The Morgan fingerprint density at radius 1 is 1.57 bits per heavy atom. The Hall–Kier alpha value is 0.430. The van der Waals surface area contributed by atoms with Crippen LogP contribution in [0.4, 0.5) is 0 Å². The molecule has 1 aromatic heterocycles. The molecule has 0 aliphatic rings. The van der Waals surface area contributed by atoms with E-state index in [-0.39, 0.29) is 24.0 Å². The summed E-state index contributed by atoms with van der Waals surface area (Å²) in [7, 11) is 0. The minimum absolute atomic E-state index is 0. The minimum Gasteiger partial charge on any atom is -0.149 e. The number of rotatable bonds is 0.